The summed E-state index contributed by atoms with van der Waals surface area (Å²) in [6.07, 6.45) is 9.13. The first-order chi connectivity index (χ1) is 9.81. The van der Waals surface area contributed by atoms with E-state index >= 15 is 0 Å². The zero-order chi connectivity index (χ0) is 13.9. The largest absolute Gasteiger partial charge is 0.361 e. The van der Waals surface area contributed by atoms with Crippen molar-refractivity contribution in [2.75, 3.05) is 25.9 Å². The van der Waals surface area contributed by atoms with E-state index in [1.54, 1.807) is 0 Å². The van der Waals surface area contributed by atoms with Gasteiger partial charge in [0.1, 0.15) is 0 Å². The van der Waals surface area contributed by atoms with Gasteiger partial charge in [0.05, 0.1) is 0 Å². The average Bonchev–Trinajstić information content (AvgIpc) is 2.91. The Balaban J connectivity index is 0.00000161. The Bertz CT molecular complexity index is 633. The molecule has 0 radical (unpaired) electrons. The van der Waals surface area contributed by atoms with Gasteiger partial charge < -0.3 is 4.98 Å². The highest BCUT2D eigenvalue weighted by molar-refractivity contribution is 7.98. The van der Waals surface area contributed by atoms with Crippen molar-refractivity contribution in [2.24, 2.45) is 0 Å². The van der Waals surface area contributed by atoms with Crippen molar-refractivity contribution >= 4 is 40.6 Å². The second kappa shape index (κ2) is 7.39. The molecule has 0 saturated carbocycles. The number of fused-ring (bicyclic) bond motifs is 1. The maximum Gasteiger partial charge on any atom is 0.0461 e. The topological polar surface area (TPSA) is 19.0 Å². The standard InChI is InChI=1S/C17H22N2S.ClH/c1-3-8-19-9-6-13(7-10-19)16-12-18-17-5-4-14(20-2)11-15(16)17;/h4-6,11-12,18H,3,7-10H2,1-2H3;1H. The van der Waals surface area contributed by atoms with Crippen LogP contribution in [-0.4, -0.2) is 35.8 Å². The lowest BCUT2D eigenvalue weighted by atomic mass is 9.99. The molecule has 2 heterocycles. The Kier molecular flexibility index (Phi) is 5.80. The van der Waals surface area contributed by atoms with E-state index in [0.29, 0.717) is 0 Å². The molecule has 1 aliphatic rings. The minimum absolute atomic E-state index is 0. The van der Waals surface area contributed by atoms with Gasteiger partial charge in [0.15, 0.2) is 0 Å². The summed E-state index contributed by atoms with van der Waals surface area (Å²) in [4.78, 5) is 7.28. The lowest BCUT2D eigenvalue weighted by Crippen LogP contribution is -2.29. The summed E-state index contributed by atoms with van der Waals surface area (Å²) in [5, 5.41) is 1.37. The molecule has 1 aliphatic heterocycles. The number of nitrogens with one attached hydrogen (secondary N) is 1. The molecule has 1 aromatic carbocycles. The van der Waals surface area contributed by atoms with Crippen LogP contribution in [0.25, 0.3) is 16.5 Å². The van der Waals surface area contributed by atoms with E-state index in [-0.39, 0.29) is 12.4 Å². The zero-order valence-corrected chi connectivity index (χ0v) is 14.3. The van der Waals surface area contributed by atoms with Crippen LogP contribution in [-0.2, 0) is 0 Å². The van der Waals surface area contributed by atoms with Crippen LogP contribution < -0.4 is 0 Å². The highest BCUT2D eigenvalue weighted by Gasteiger charge is 2.15. The molecule has 0 unspecified atom stereocenters. The molecule has 1 aromatic heterocycles. The number of hydrogen-bond donors (Lipinski definition) is 1. The Morgan fingerprint density at radius 3 is 2.86 bits per heavy atom. The Morgan fingerprint density at radius 2 is 2.19 bits per heavy atom. The van der Waals surface area contributed by atoms with Crippen LogP contribution in [0, 0.1) is 0 Å². The van der Waals surface area contributed by atoms with Gasteiger partial charge >= 0.3 is 0 Å². The first-order valence-corrected chi connectivity index (χ1v) is 8.61. The van der Waals surface area contributed by atoms with E-state index in [0.717, 1.165) is 13.0 Å². The summed E-state index contributed by atoms with van der Waals surface area (Å²) in [5.41, 5.74) is 4.14. The lowest BCUT2D eigenvalue weighted by molar-refractivity contribution is 0.302. The molecule has 0 fully saturated rings. The number of rotatable bonds is 4. The van der Waals surface area contributed by atoms with Gasteiger partial charge in [-0.3, -0.25) is 4.90 Å². The molecule has 114 valence electrons. The summed E-state index contributed by atoms with van der Waals surface area (Å²) in [7, 11) is 0. The SMILES string of the molecule is CCCN1CC=C(c2c[nH]c3ccc(SC)cc23)CC1.Cl. The van der Waals surface area contributed by atoms with Crippen molar-refractivity contribution < 1.29 is 0 Å². The Labute approximate surface area is 137 Å². The van der Waals surface area contributed by atoms with E-state index in [1.807, 2.05) is 11.8 Å². The van der Waals surface area contributed by atoms with E-state index < -0.39 is 0 Å². The minimum Gasteiger partial charge on any atom is -0.361 e. The van der Waals surface area contributed by atoms with Gasteiger partial charge in [0.2, 0.25) is 0 Å². The minimum atomic E-state index is 0. The molecule has 0 bridgehead atoms. The van der Waals surface area contributed by atoms with Crippen LogP contribution >= 0.6 is 24.2 Å². The monoisotopic (exact) mass is 322 g/mol. The average molecular weight is 323 g/mol. The molecular formula is C17H23ClN2S. The number of nitrogens with zero attached hydrogens (tertiary/aromatic N) is 1. The van der Waals surface area contributed by atoms with E-state index in [1.165, 1.54) is 46.4 Å². The summed E-state index contributed by atoms with van der Waals surface area (Å²) in [5.74, 6) is 0. The first-order valence-electron chi connectivity index (χ1n) is 7.38. The van der Waals surface area contributed by atoms with E-state index in [9.17, 15) is 0 Å². The van der Waals surface area contributed by atoms with E-state index in [4.69, 9.17) is 0 Å². The molecule has 4 heteroatoms. The molecule has 0 atom stereocenters. The molecule has 0 aliphatic carbocycles. The number of hydrogen-bond acceptors (Lipinski definition) is 2. The second-order valence-corrected chi connectivity index (χ2v) is 6.27. The second-order valence-electron chi connectivity index (χ2n) is 5.39. The van der Waals surface area contributed by atoms with Gasteiger partial charge in [0, 0.05) is 40.6 Å². The summed E-state index contributed by atoms with van der Waals surface area (Å²) < 4.78 is 0. The maximum absolute atomic E-state index is 3.41. The molecule has 0 amide bonds. The fraction of sp³-hybridized carbons (Fsp3) is 0.412. The summed E-state index contributed by atoms with van der Waals surface area (Å²) in [6.45, 7) is 5.75. The maximum atomic E-state index is 3.41. The normalized spacial score (nSPS) is 15.8. The lowest BCUT2D eigenvalue weighted by Gasteiger charge is -2.25. The van der Waals surface area contributed by atoms with Crippen molar-refractivity contribution in [3.8, 4) is 0 Å². The highest BCUT2D eigenvalue weighted by Crippen LogP contribution is 2.31. The predicted octanol–water partition coefficient (Wildman–Crippen LogP) is 4.81. The number of thioether (sulfide) groups is 1. The van der Waals surface area contributed by atoms with Crippen LogP contribution in [0.1, 0.15) is 25.3 Å². The fourth-order valence-corrected chi connectivity index (χ4v) is 3.41. The molecule has 1 N–H and O–H groups in total. The van der Waals surface area contributed by atoms with E-state index in [2.05, 4.69) is 53.5 Å². The third-order valence-corrected chi connectivity index (χ3v) is 4.79. The smallest absolute Gasteiger partial charge is 0.0461 e. The summed E-state index contributed by atoms with van der Waals surface area (Å²) in [6, 6.07) is 6.69. The van der Waals surface area contributed by atoms with Crippen molar-refractivity contribution in [1.29, 1.82) is 0 Å². The van der Waals surface area contributed by atoms with Crippen LogP contribution in [0.5, 0.6) is 0 Å². The van der Waals surface area contributed by atoms with Crippen molar-refractivity contribution in [2.45, 2.75) is 24.7 Å². The van der Waals surface area contributed by atoms with Crippen LogP contribution in [0.2, 0.25) is 0 Å². The molecule has 0 spiro atoms. The fourth-order valence-electron chi connectivity index (χ4n) is 2.97. The number of benzene rings is 1. The third-order valence-electron chi connectivity index (χ3n) is 4.07. The Morgan fingerprint density at radius 1 is 1.33 bits per heavy atom. The van der Waals surface area contributed by atoms with Crippen LogP contribution in [0.4, 0.5) is 0 Å². The van der Waals surface area contributed by atoms with Gasteiger partial charge in [-0.05, 0) is 49.4 Å². The quantitative estimate of drug-likeness (QED) is 0.814. The van der Waals surface area contributed by atoms with Crippen LogP contribution in [0.15, 0.2) is 35.4 Å². The third kappa shape index (κ3) is 3.47. The van der Waals surface area contributed by atoms with Gasteiger partial charge in [-0.25, -0.2) is 0 Å². The van der Waals surface area contributed by atoms with Gasteiger partial charge in [-0.2, -0.15) is 0 Å². The molecule has 3 rings (SSSR count). The number of H-pyrrole nitrogens is 1. The van der Waals surface area contributed by atoms with Crippen molar-refractivity contribution in [1.82, 2.24) is 9.88 Å². The summed E-state index contributed by atoms with van der Waals surface area (Å²) >= 11 is 1.81. The number of halogens is 1. The van der Waals surface area contributed by atoms with Crippen molar-refractivity contribution in [3.63, 3.8) is 0 Å². The van der Waals surface area contributed by atoms with Crippen molar-refractivity contribution in [3.05, 3.63) is 36.0 Å². The molecular weight excluding hydrogens is 300 g/mol. The molecule has 21 heavy (non-hydrogen) atoms. The van der Waals surface area contributed by atoms with Crippen LogP contribution in [0.3, 0.4) is 0 Å². The zero-order valence-electron chi connectivity index (χ0n) is 12.7. The van der Waals surface area contributed by atoms with Gasteiger partial charge in [-0.15, -0.1) is 24.2 Å². The molecule has 2 nitrogen and oxygen atoms in total. The highest BCUT2D eigenvalue weighted by atomic mass is 35.5. The number of aromatic nitrogens is 1. The first kappa shape index (κ1) is 16.5. The van der Waals surface area contributed by atoms with Gasteiger partial charge in [-0.1, -0.05) is 13.0 Å². The Hall–Kier alpha value is -0.900. The number of aromatic amines is 1. The molecule has 2 aromatic rings. The molecule has 0 saturated heterocycles. The predicted molar refractivity (Wildman–Crippen MR) is 96.7 cm³/mol. The van der Waals surface area contributed by atoms with Gasteiger partial charge in [0.25, 0.3) is 0 Å².